The second-order valence-corrected chi connectivity index (χ2v) is 14.2. The van der Waals surface area contributed by atoms with Crippen molar-refractivity contribution in [3.8, 4) is 50.3 Å². The molecule has 11 rings (SSSR count). The van der Waals surface area contributed by atoms with Gasteiger partial charge in [0.2, 0.25) is 0 Å². The topological polar surface area (TPSA) is 30.7 Å². The summed E-state index contributed by atoms with van der Waals surface area (Å²) in [5.74, 6) is 0. The zero-order valence-electron chi connectivity index (χ0n) is 29.9. The van der Waals surface area contributed by atoms with Gasteiger partial charge in [-0.25, -0.2) is 4.98 Å². The van der Waals surface area contributed by atoms with Crippen LogP contribution in [-0.2, 0) is 0 Å². The lowest BCUT2D eigenvalue weighted by atomic mass is 9.96. The molecule has 3 nitrogen and oxygen atoms in total. The molecular formula is C52H33N3. The van der Waals surface area contributed by atoms with Crippen LogP contribution in [0, 0.1) is 0 Å². The van der Waals surface area contributed by atoms with Gasteiger partial charge in [-0.2, -0.15) is 0 Å². The van der Waals surface area contributed by atoms with Crippen molar-refractivity contribution in [3.63, 3.8) is 0 Å². The van der Waals surface area contributed by atoms with Crippen molar-refractivity contribution in [2.24, 2.45) is 0 Å². The lowest BCUT2D eigenvalue weighted by Crippen LogP contribution is -1.92. The number of benzene rings is 9. The molecule has 11 aromatic rings. The largest absolute Gasteiger partial charge is 0.309 e. The molecule has 55 heavy (non-hydrogen) atoms. The highest BCUT2D eigenvalue weighted by atomic mass is 15.0. The molecule has 0 saturated heterocycles. The summed E-state index contributed by atoms with van der Waals surface area (Å²) in [4.78, 5) is 10.2. The second-order valence-electron chi connectivity index (χ2n) is 14.2. The van der Waals surface area contributed by atoms with Crippen LogP contribution in [0.5, 0.6) is 0 Å². The van der Waals surface area contributed by atoms with Gasteiger partial charge in [0.05, 0.1) is 34.0 Å². The standard InChI is InChI=1S/C52H33N3/c1-2-16-41(17-3-1)55-49-23-9-8-20-44(49)47-32-39(28-29-50(47)55)35-26-24-34(25-27-35)36-12-10-13-37(30-36)38-14-11-15-40(31-38)48-33-53-51-45-21-6-4-18-42(45)43-19-5-7-22-46(43)52(51)54-48/h1-33H. The molecule has 0 spiro atoms. The van der Waals surface area contributed by atoms with E-state index in [0.717, 1.165) is 44.2 Å². The number of fused-ring (bicyclic) bond motifs is 9. The van der Waals surface area contributed by atoms with E-state index in [1.54, 1.807) is 0 Å². The summed E-state index contributed by atoms with van der Waals surface area (Å²) >= 11 is 0. The van der Waals surface area contributed by atoms with E-state index in [0.29, 0.717) is 0 Å². The number of para-hydroxylation sites is 2. The third-order valence-electron chi connectivity index (χ3n) is 11.0. The first-order chi connectivity index (χ1) is 27.3. The van der Waals surface area contributed by atoms with Crippen molar-refractivity contribution in [1.82, 2.24) is 14.5 Å². The Hall–Kier alpha value is -7.36. The Morgan fingerprint density at radius 3 is 1.49 bits per heavy atom. The van der Waals surface area contributed by atoms with Crippen molar-refractivity contribution in [3.05, 3.63) is 200 Å². The van der Waals surface area contributed by atoms with E-state index in [2.05, 4.69) is 199 Å². The average Bonchev–Trinajstić information content (AvgIpc) is 3.60. The Kier molecular flexibility index (Phi) is 7.17. The first kappa shape index (κ1) is 31.2. The van der Waals surface area contributed by atoms with Crippen molar-refractivity contribution in [2.75, 3.05) is 0 Å². The van der Waals surface area contributed by atoms with Crippen LogP contribution in [0.1, 0.15) is 0 Å². The molecule has 0 amide bonds. The Balaban J connectivity index is 0.921. The van der Waals surface area contributed by atoms with Crippen LogP contribution >= 0.6 is 0 Å². The monoisotopic (exact) mass is 699 g/mol. The summed E-state index contributed by atoms with van der Waals surface area (Å²) < 4.78 is 2.36. The highest BCUT2D eigenvalue weighted by Crippen LogP contribution is 2.37. The maximum atomic E-state index is 5.24. The minimum absolute atomic E-state index is 0.865. The van der Waals surface area contributed by atoms with E-state index in [1.165, 1.54) is 60.5 Å². The molecule has 0 bridgehead atoms. The molecule has 9 aromatic carbocycles. The summed E-state index contributed by atoms with van der Waals surface area (Å²) in [6.45, 7) is 0. The summed E-state index contributed by atoms with van der Waals surface area (Å²) in [6, 6.07) is 69.5. The van der Waals surface area contributed by atoms with Gasteiger partial charge < -0.3 is 4.57 Å². The summed E-state index contributed by atoms with van der Waals surface area (Å²) in [5.41, 5.74) is 14.4. The van der Waals surface area contributed by atoms with Crippen LogP contribution in [0.25, 0.3) is 105 Å². The van der Waals surface area contributed by atoms with Gasteiger partial charge in [-0.15, -0.1) is 0 Å². The molecule has 256 valence electrons. The molecule has 0 aliphatic carbocycles. The van der Waals surface area contributed by atoms with Gasteiger partial charge in [0, 0.05) is 32.8 Å². The fourth-order valence-electron chi connectivity index (χ4n) is 8.36. The summed E-state index contributed by atoms with van der Waals surface area (Å²) in [7, 11) is 0. The predicted molar refractivity (Wildman–Crippen MR) is 231 cm³/mol. The van der Waals surface area contributed by atoms with Crippen LogP contribution < -0.4 is 0 Å². The van der Waals surface area contributed by atoms with E-state index < -0.39 is 0 Å². The number of hydrogen-bond acceptors (Lipinski definition) is 2. The van der Waals surface area contributed by atoms with E-state index in [1.807, 2.05) is 6.20 Å². The summed E-state index contributed by atoms with van der Waals surface area (Å²) in [6.07, 6.45) is 1.92. The van der Waals surface area contributed by atoms with Crippen LogP contribution in [0.4, 0.5) is 0 Å². The van der Waals surface area contributed by atoms with Crippen LogP contribution in [0.15, 0.2) is 200 Å². The molecule has 0 aliphatic heterocycles. The van der Waals surface area contributed by atoms with Crippen LogP contribution in [0.3, 0.4) is 0 Å². The van der Waals surface area contributed by atoms with Gasteiger partial charge in [0.25, 0.3) is 0 Å². The Labute approximate surface area is 318 Å². The van der Waals surface area contributed by atoms with Crippen molar-refractivity contribution in [2.45, 2.75) is 0 Å². The van der Waals surface area contributed by atoms with Gasteiger partial charge >= 0.3 is 0 Å². The Morgan fingerprint density at radius 2 is 0.800 bits per heavy atom. The summed E-state index contributed by atoms with van der Waals surface area (Å²) in [5, 5.41) is 7.17. The van der Waals surface area contributed by atoms with E-state index in [-0.39, 0.29) is 0 Å². The highest BCUT2D eigenvalue weighted by molar-refractivity contribution is 6.23. The first-order valence-corrected chi connectivity index (χ1v) is 18.7. The van der Waals surface area contributed by atoms with Crippen molar-refractivity contribution >= 4 is 54.4 Å². The van der Waals surface area contributed by atoms with E-state index in [4.69, 9.17) is 9.97 Å². The molecule has 0 aliphatic rings. The quantitative estimate of drug-likeness (QED) is 0.167. The van der Waals surface area contributed by atoms with Crippen molar-refractivity contribution in [1.29, 1.82) is 0 Å². The first-order valence-electron chi connectivity index (χ1n) is 18.7. The Bertz CT molecular complexity index is 3210. The lowest BCUT2D eigenvalue weighted by molar-refractivity contribution is 1.18. The number of nitrogens with zero attached hydrogens (tertiary/aromatic N) is 3. The second kappa shape index (κ2) is 12.6. The van der Waals surface area contributed by atoms with Crippen LogP contribution in [0.2, 0.25) is 0 Å². The SMILES string of the molecule is c1ccc(-n2c3ccccc3c3cc(-c4ccc(-c5cccc(-c6cccc(-c7cnc8c9ccccc9c9ccccc9c8n7)c6)c5)cc4)ccc32)cc1. The number of aromatic nitrogens is 3. The predicted octanol–water partition coefficient (Wildman–Crippen LogP) is 13.7. The fraction of sp³-hybridized carbons (Fsp3) is 0. The molecule has 3 heteroatoms. The Morgan fingerprint density at radius 1 is 0.309 bits per heavy atom. The molecule has 0 radical (unpaired) electrons. The fourth-order valence-corrected chi connectivity index (χ4v) is 8.36. The average molecular weight is 700 g/mol. The number of hydrogen-bond donors (Lipinski definition) is 0. The smallest absolute Gasteiger partial charge is 0.0979 e. The zero-order valence-corrected chi connectivity index (χ0v) is 29.9. The minimum Gasteiger partial charge on any atom is -0.309 e. The molecule has 2 aromatic heterocycles. The van der Waals surface area contributed by atoms with Gasteiger partial charge in [-0.3, -0.25) is 4.98 Å². The normalized spacial score (nSPS) is 11.6. The molecule has 0 N–H and O–H groups in total. The maximum absolute atomic E-state index is 5.24. The van der Waals surface area contributed by atoms with Gasteiger partial charge in [0.1, 0.15) is 0 Å². The number of rotatable bonds is 5. The third-order valence-corrected chi connectivity index (χ3v) is 11.0. The van der Waals surface area contributed by atoms with Crippen LogP contribution in [-0.4, -0.2) is 14.5 Å². The molecular weight excluding hydrogens is 667 g/mol. The van der Waals surface area contributed by atoms with Gasteiger partial charge in [-0.05, 0) is 86.6 Å². The minimum atomic E-state index is 0.865. The van der Waals surface area contributed by atoms with Crippen molar-refractivity contribution < 1.29 is 0 Å². The molecule has 2 heterocycles. The van der Waals surface area contributed by atoms with Gasteiger partial charge in [0.15, 0.2) is 0 Å². The van der Waals surface area contributed by atoms with E-state index >= 15 is 0 Å². The third kappa shape index (κ3) is 5.20. The highest BCUT2D eigenvalue weighted by Gasteiger charge is 2.15. The molecule has 0 fully saturated rings. The van der Waals surface area contributed by atoms with E-state index in [9.17, 15) is 0 Å². The molecule has 0 saturated carbocycles. The molecule has 0 unspecified atom stereocenters. The zero-order chi connectivity index (χ0) is 36.3. The maximum Gasteiger partial charge on any atom is 0.0979 e. The van der Waals surface area contributed by atoms with Gasteiger partial charge in [-0.1, -0.05) is 152 Å². The lowest BCUT2D eigenvalue weighted by Gasteiger charge is -2.11. The molecule has 0 atom stereocenters.